The molecule has 0 aliphatic carbocycles. The van der Waals surface area contributed by atoms with Gasteiger partial charge < -0.3 is 14.7 Å². The molecule has 8 nitrogen and oxygen atoms in total. The van der Waals surface area contributed by atoms with E-state index in [0.717, 1.165) is 18.5 Å². The molecule has 124 valence electrons. The number of nitrogens with two attached hydrogens (primary N) is 1. The first-order valence-electron chi connectivity index (χ1n) is 7.35. The van der Waals surface area contributed by atoms with Gasteiger partial charge in [-0.1, -0.05) is 18.5 Å². The Labute approximate surface area is 130 Å². The zero-order chi connectivity index (χ0) is 16.2. The lowest BCUT2D eigenvalue weighted by Gasteiger charge is -2.16. The number of carbonyl (C=O) groups is 1. The van der Waals surface area contributed by atoms with Crippen molar-refractivity contribution in [1.29, 1.82) is 0 Å². The molecule has 0 unspecified atom stereocenters. The van der Waals surface area contributed by atoms with Gasteiger partial charge in [-0.05, 0) is 18.8 Å². The van der Waals surface area contributed by atoms with Crippen molar-refractivity contribution in [3.63, 3.8) is 0 Å². The Kier molecular flexibility index (Phi) is 5.41. The first-order chi connectivity index (χ1) is 10.4. The Morgan fingerprint density at radius 3 is 3.05 bits per heavy atom. The van der Waals surface area contributed by atoms with Crippen LogP contribution in [0.1, 0.15) is 31.2 Å². The van der Waals surface area contributed by atoms with Gasteiger partial charge in [0.15, 0.2) is 5.76 Å². The van der Waals surface area contributed by atoms with Gasteiger partial charge in [0.05, 0.1) is 18.0 Å². The highest BCUT2D eigenvalue weighted by Gasteiger charge is 2.28. The van der Waals surface area contributed by atoms with Gasteiger partial charge in [0, 0.05) is 19.2 Å². The lowest BCUT2D eigenvalue weighted by molar-refractivity contribution is 0.205. The predicted octanol–water partition coefficient (Wildman–Crippen LogP) is 0.447. The van der Waals surface area contributed by atoms with Crippen molar-refractivity contribution in [2.45, 2.75) is 32.7 Å². The van der Waals surface area contributed by atoms with Gasteiger partial charge >= 0.3 is 6.03 Å². The summed E-state index contributed by atoms with van der Waals surface area (Å²) in [7, 11) is -3.50. The van der Waals surface area contributed by atoms with Crippen LogP contribution in [0.15, 0.2) is 10.6 Å². The number of nitrogens with zero attached hydrogens (tertiary/aromatic N) is 2. The van der Waals surface area contributed by atoms with E-state index in [1.165, 1.54) is 0 Å². The molecule has 0 saturated carbocycles. The standard InChI is InChI=1S/C13H22N4O4S/c1-2-3-11-6-12(21-16-11)7-15-13(18)17-5-4-10(8-17)9-22(14,19)20/h6,10H,2-5,7-9H2,1H3,(H,15,18)(H2,14,19,20)/t10-/m1/s1. The summed E-state index contributed by atoms with van der Waals surface area (Å²) >= 11 is 0. The van der Waals surface area contributed by atoms with Crippen molar-refractivity contribution < 1.29 is 17.7 Å². The van der Waals surface area contributed by atoms with Gasteiger partial charge in [0.2, 0.25) is 10.0 Å². The number of hydrogen-bond donors (Lipinski definition) is 2. The number of hydrogen-bond acceptors (Lipinski definition) is 5. The van der Waals surface area contributed by atoms with Crippen LogP contribution < -0.4 is 10.5 Å². The molecule has 0 radical (unpaired) electrons. The summed E-state index contributed by atoms with van der Waals surface area (Å²) in [5.74, 6) is 0.429. The fourth-order valence-electron chi connectivity index (χ4n) is 2.57. The summed E-state index contributed by atoms with van der Waals surface area (Å²) in [6.07, 6.45) is 2.48. The van der Waals surface area contributed by atoms with Gasteiger partial charge in [-0.2, -0.15) is 0 Å². The minimum Gasteiger partial charge on any atom is -0.359 e. The maximum Gasteiger partial charge on any atom is 0.317 e. The van der Waals surface area contributed by atoms with E-state index in [4.69, 9.17) is 9.66 Å². The molecule has 1 aromatic rings. The van der Waals surface area contributed by atoms with Gasteiger partial charge in [0.1, 0.15) is 0 Å². The summed E-state index contributed by atoms with van der Waals surface area (Å²) in [4.78, 5) is 13.6. The summed E-state index contributed by atoms with van der Waals surface area (Å²) in [6.45, 7) is 3.26. The molecule has 1 aliphatic rings. The average Bonchev–Trinajstić information content (AvgIpc) is 3.04. The molecule has 2 amide bonds. The molecule has 3 N–H and O–H groups in total. The number of primary sulfonamides is 1. The van der Waals surface area contributed by atoms with E-state index in [9.17, 15) is 13.2 Å². The number of urea groups is 1. The van der Waals surface area contributed by atoms with E-state index in [0.29, 0.717) is 25.3 Å². The molecular weight excluding hydrogens is 308 g/mol. The molecule has 1 fully saturated rings. The molecule has 22 heavy (non-hydrogen) atoms. The Balaban J connectivity index is 1.78. The third-order valence-corrected chi connectivity index (χ3v) is 4.50. The van der Waals surface area contributed by atoms with Crippen molar-refractivity contribution >= 4 is 16.1 Å². The van der Waals surface area contributed by atoms with Gasteiger partial charge in [0.25, 0.3) is 0 Å². The Morgan fingerprint density at radius 2 is 2.36 bits per heavy atom. The maximum atomic E-state index is 12.0. The number of nitrogens with one attached hydrogen (secondary N) is 1. The number of rotatable bonds is 6. The molecule has 0 aromatic carbocycles. The molecule has 1 atom stereocenters. The smallest absolute Gasteiger partial charge is 0.317 e. The van der Waals surface area contributed by atoms with Crippen molar-refractivity contribution in [2.75, 3.05) is 18.8 Å². The monoisotopic (exact) mass is 330 g/mol. The average molecular weight is 330 g/mol. The first-order valence-corrected chi connectivity index (χ1v) is 9.06. The van der Waals surface area contributed by atoms with Crippen LogP contribution in [0.5, 0.6) is 0 Å². The Morgan fingerprint density at radius 1 is 1.59 bits per heavy atom. The largest absolute Gasteiger partial charge is 0.359 e. The van der Waals surface area contributed by atoms with Crippen LogP contribution in [0, 0.1) is 5.92 Å². The third kappa shape index (κ3) is 4.99. The summed E-state index contributed by atoms with van der Waals surface area (Å²) in [5.41, 5.74) is 0.876. The second kappa shape index (κ2) is 7.10. The topological polar surface area (TPSA) is 119 Å². The molecule has 1 aromatic heterocycles. The predicted molar refractivity (Wildman–Crippen MR) is 80.4 cm³/mol. The third-order valence-electron chi connectivity index (χ3n) is 3.57. The SMILES string of the molecule is CCCc1cc(CNC(=O)N2CC[C@@H](CS(N)(=O)=O)C2)on1. The summed E-state index contributed by atoms with van der Waals surface area (Å²) < 4.78 is 27.3. The maximum absolute atomic E-state index is 12.0. The van der Waals surface area contributed by atoms with Crippen LogP contribution in [-0.4, -0.2) is 43.3 Å². The minimum atomic E-state index is -3.50. The highest BCUT2D eigenvalue weighted by molar-refractivity contribution is 7.89. The van der Waals surface area contributed by atoms with E-state index in [1.807, 2.05) is 6.07 Å². The van der Waals surface area contributed by atoms with Crippen LogP contribution in [-0.2, 0) is 23.0 Å². The van der Waals surface area contributed by atoms with Crippen molar-refractivity contribution in [1.82, 2.24) is 15.4 Å². The highest BCUT2D eigenvalue weighted by atomic mass is 32.2. The van der Waals surface area contributed by atoms with Crippen LogP contribution in [0.3, 0.4) is 0 Å². The van der Waals surface area contributed by atoms with E-state index >= 15 is 0 Å². The lowest BCUT2D eigenvalue weighted by atomic mass is 10.2. The highest BCUT2D eigenvalue weighted by Crippen LogP contribution is 2.17. The minimum absolute atomic E-state index is 0.0841. The summed E-state index contributed by atoms with van der Waals surface area (Å²) in [5, 5.41) is 11.7. The van der Waals surface area contributed by atoms with Gasteiger partial charge in [-0.25, -0.2) is 18.4 Å². The van der Waals surface area contributed by atoms with Crippen LogP contribution in [0.2, 0.25) is 0 Å². The van der Waals surface area contributed by atoms with Crippen molar-refractivity contribution in [2.24, 2.45) is 11.1 Å². The zero-order valence-corrected chi connectivity index (χ0v) is 13.4. The van der Waals surface area contributed by atoms with E-state index < -0.39 is 10.0 Å². The number of likely N-dealkylation sites (tertiary alicyclic amines) is 1. The first kappa shape index (κ1) is 16.8. The number of aromatic nitrogens is 1. The second-order valence-electron chi connectivity index (χ2n) is 5.62. The van der Waals surface area contributed by atoms with Crippen molar-refractivity contribution in [3.8, 4) is 0 Å². The van der Waals surface area contributed by atoms with Crippen LogP contribution in [0.4, 0.5) is 4.79 Å². The molecule has 1 saturated heterocycles. The quantitative estimate of drug-likeness (QED) is 0.785. The molecule has 9 heteroatoms. The van der Waals surface area contributed by atoms with Gasteiger partial charge in [-0.15, -0.1) is 0 Å². The fourth-order valence-corrected chi connectivity index (χ4v) is 3.50. The van der Waals surface area contributed by atoms with E-state index in [2.05, 4.69) is 17.4 Å². The Hall–Kier alpha value is -1.61. The van der Waals surface area contributed by atoms with Gasteiger partial charge in [-0.3, -0.25) is 0 Å². The fraction of sp³-hybridized carbons (Fsp3) is 0.692. The number of sulfonamides is 1. The normalized spacial score (nSPS) is 18.6. The molecule has 1 aliphatic heterocycles. The molecule has 0 spiro atoms. The number of amides is 2. The number of carbonyl (C=O) groups excluding carboxylic acids is 1. The summed E-state index contributed by atoms with van der Waals surface area (Å²) in [6, 6.07) is 1.60. The van der Waals surface area contributed by atoms with Crippen molar-refractivity contribution in [3.05, 3.63) is 17.5 Å². The molecule has 0 bridgehead atoms. The Bertz CT molecular complexity index is 613. The molecule has 2 rings (SSSR count). The number of aryl methyl sites for hydroxylation is 1. The van der Waals surface area contributed by atoms with E-state index in [-0.39, 0.29) is 24.2 Å². The lowest BCUT2D eigenvalue weighted by Crippen LogP contribution is -2.38. The van der Waals surface area contributed by atoms with E-state index in [1.54, 1.807) is 4.90 Å². The van der Waals surface area contributed by atoms with Crippen LogP contribution >= 0.6 is 0 Å². The zero-order valence-electron chi connectivity index (χ0n) is 12.6. The molecule has 2 heterocycles. The van der Waals surface area contributed by atoms with Crippen LogP contribution in [0.25, 0.3) is 0 Å². The second-order valence-corrected chi connectivity index (χ2v) is 7.28. The molecular formula is C13H22N4O4S.